The van der Waals surface area contributed by atoms with Crippen molar-refractivity contribution >= 4 is 0 Å². The van der Waals surface area contributed by atoms with Crippen molar-refractivity contribution in [3.63, 3.8) is 0 Å². The highest BCUT2D eigenvalue weighted by Crippen LogP contribution is 2.12. The van der Waals surface area contributed by atoms with Crippen LogP contribution in [0.2, 0.25) is 0 Å². The fourth-order valence-corrected chi connectivity index (χ4v) is 1.43. The molecule has 0 aliphatic rings. The number of ether oxygens (including phenoxy) is 1. The minimum atomic E-state index is -0.244. The Kier molecular flexibility index (Phi) is 5.43. The molecular formula is C13H20FNO. The average molecular weight is 225 g/mol. The van der Waals surface area contributed by atoms with Crippen LogP contribution in [0.4, 0.5) is 4.39 Å². The normalized spacial score (nSPS) is 11.1. The molecule has 0 fully saturated rings. The van der Waals surface area contributed by atoms with Crippen LogP contribution in [0.1, 0.15) is 31.4 Å². The zero-order valence-corrected chi connectivity index (χ0v) is 10.0. The number of hydrogen-bond donors (Lipinski definition) is 1. The summed E-state index contributed by atoms with van der Waals surface area (Å²) in [6.45, 7) is 5.92. The molecule has 0 bridgehead atoms. The maximum Gasteiger partial charge on any atom is 0.123 e. The molecular weight excluding hydrogens is 205 g/mol. The molecule has 1 aromatic carbocycles. The van der Waals surface area contributed by atoms with Crippen LogP contribution in [-0.4, -0.2) is 6.61 Å². The molecule has 0 saturated carbocycles. The Morgan fingerprint density at radius 3 is 2.69 bits per heavy atom. The van der Waals surface area contributed by atoms with Crippen molar-refractivity contribution in [2.45, 2.75) is 33.4 Å². The molecule has 0 saturated heterocycles. The van der Waals surface area contributed by atoms with Crippen LogP contribution >= 0.6 is 0 Å². The number of nitrogens with two attached hydrogens (primary N) is 1. The largest absolute Gasteiger partial charge is 0.377 e. The van der Waals surface area contributed by atoms with Gasteiger partial charge in [0, 0.05) is 13.2 Å². The lowest BCUT2D eigenvalue weighted by Crippen LogP contribution is -2.05. The molecule has 0 atom stereocenters. The van der Waals surface area contributed by atoms with Gasteiger partial charge in [-0.15, -0.1) is 0 Å². The Hall–Kier alpha value is -0.930. The molecule has 0 radical (unpaired) electrons. The molecule has 1 aromatic rings. The van der Waals surface area contributed by atoms with Gasteiger partial charge in [-0.05, 0) is 35.6 Å². The van der Waals surface area contributed by atoms with E-state index < -0.39 is 0 Å². The zero-order valence-electron chi connectivity index (χ0n) is 10.0. The molecule has 3 heteroatoms. The first-order valence-corrected chi connectivity index (χ1v) is 5.68. The number of rotatable bonds is 6. The summed E-state index contributed by atoms with van der Waals surface area (Å²) in [6.07, 6.45) is 1.04. The van der Waals surface area contributed by atoms with Crippen molar-refractivity contribution in [3.8, 4) is 0 Å². The lowest BCUT2D eigenvalue weighted by Gasteiger charge is -2.10. The van der Waals surface area contributed by atoms with E-state index in [9.17, 15) is 4.39 Å². The van der Waals surface area contributed by atoms with Crippen molar-refractivity contribution in [1.29, 1.82) is 0 Å². The highest BCUT2D eigenvalue weighted by Gasteiger charge is 2.03. The summed E-state index contributed by atoms with van der Waals surface area (Å²) in [4.78, 5) is 0. The average Bonchev–Trinajstić information content (AvgIpc) is 2.25. The first kappa shape index (κ1) is 13.1. The smallest absolute Gasteiger partial charge is 0.123 e. The van der Waals surface area contributed by atoms with Gasteiger partial charge in [0.2, 0.25) is 0 Å². The van der Waals surface area contributed by atoms with Gasteiger partial charge in [0.05, 0.1) is 6.61 Å². The van der Waals surface area contributed by atoms with Gasteiger partial charge in [-0.25, -0.2) is 4.39 Å². The molecule has 0 spiro atoms. The van der Waals surface area contributed by atoms with E-state index in [1.807, 2.05) is 0 Å². The molecule has 16 heavy (non-hydrogen) atoms. The van der Waals surface area contributed by atoms with E-state index in [1.165, 1.54) is 12.1 Å². The highest BCUT2D eigenvalue weighted by molar-refractivity contribution is 5.27. The van der Waals surface area contributed by atoms with Crippen molar-refractivity contribution in [2.75, 3.05) is 6.61 Å². The van der Waals surface area contributed by atoms with Crippen molar-refractivity contribution in [1.82, 2.24) is 0 Å². The lowest BCUT2D eigenvalue weighted by molar-refractivity contribution is 0.110. The van der Waals surface area contributed by atoms with E-state index in [4.69, 9.17) is 10.5 Å². The number of hydrogen-bond acceptors (Lipinski definition) is 2. The van der Waals surface area contributed by atoms with Crippen LogP contribution in [-0.2, 0) is 17.9 Å². The second kappa shape index (κ2) is 6.61. The second-order valence-electron chi connectivity index (χ2n) is 4.35. The van der Waals surface area contributed by atoms with Crippen LogP contribution in [0.5, 0.6) is 0 Å². The Bertz CT molecular complexity index is 326. The monoisotopic (exact) mass is 225 g/mol. The predicted octanol–water partition coefficient (Wildman–Crippen LogP) is 2.85. The Morgan fingerprint density at radius 2 is 2.06 bits per heavy atom. The molecule has 0 aliphatic carbocycles. The van der Waals surface area contributed by atoms with Gasteiger partial charge >= 0.3 is 0 Å². The maximum absolute atomic E-state index is 12.9. The van der Waals surface area contributed by atoms with Crippen molar-refractivity contribution in [3.05, 3.63) is 35.1 Å². The van der Waals surface area contributed by atoms with Gasteiger partial charge in [-0.1, -0.05) is 19.9 Å². The molecule has 2 nitrogen and oxygen atoms in total. The predicted molar refractivity (Wildman–Crippen MR) is 63.4 cm³/mol. The minimum absolute atomic E-state index is 0.244. The molecule has 0 aromatic heterocycles. The fraction of sp³-hybridized carbons (Fsp3) is 0.538. The molecule has 1 rings (SSSR count). The topological polar surface area (TPSA) is 35.2 Å². The van der Waals surface area contributed by atoms with Crippen LogP contribution in [0.15, 0.2) is 18.2 Å². The summed E-state index contributed by atoms with van der Waals surface area (Å²) in [5.41, 5.74) is 7.35. The quantitative estimate of drug-likeness (QED) is 0.755. The van der Waals surface area contributed by atoms with E-state index in [0.717, 1.165) is 24.2 Å². The SMILES string of the molecule is CC(C)CCOCc1ccc(F)cc1CN. The zero-order chi connectivity index (χ0) is 12.0. The van der Waals surface area contributed by atoms with Crippen molar-refractivity contribution < 1.29 is 9.13 Å². The Balaban J connectivity index is 2.47. The lowest BCUT2D eigenvalue weighted by atomic mass is 10.1. The van der Waals surface area contributed by atoms with Crippen LogP contribution in [0, 0.1) is 11.7 Å². The van der Waals surface area contributed by atoms with E-state index in [2.05, 4.69) is 13.8 Å². The standard InChI is InChI=1S/C13H20FNO/c1-10(2)5-6-16-9-11-3-4-13(14)7-12(11)8-15/h3-4,7,10H,5-6,8-9,15H2,1-2H3. The van der Waals surface area contributed by atoms with Gasteiger partial charge in [0.1, 0.15) is 5.82 Å². The van der Waals surface area contributed by atoms with E-state index >= 15 is 0 Å². The minimum Gasteiger partial charge on any atom is -0.377 e. The number of halogens is 1. The summed E-state index contributed by atoms with van der Waals surface area (Å²) in [5.74, 6) is 0.397. The van der Waals surface area contributed by atoms with E-state index in [0.29, 0.717) is 19.1 Å². The van der Waals surface area contributed by atoms with Gasteiger partial charge in [0.25, 0.3) is 0 Å². The van der Waals surface area contributed by atoms with Crippen molar-refractivity contribution in [2.24, 2.45) is 11.7 Å². The first-order chi connectivity index (χ1) is 7.63. The molecule has 0 heterocycles. The maximum atomic E-state index is 12.9. The third-order valence-electron chi connectivity index (χ3n) is 2.49. The van der Waals surface area contributed by atoms with Crippen LogP contribution < -0.4 is 5.73 Å². The van der Waals surface area contributed by atoms with Gasteiger partial charge in [0.15, 0.2) is 0 Å². The van der Waals surface area contributed by atoms with Gasteiger partial charge in [-0.3, -0.25) is 0 Å². The third kappa shape index (κ3) is 4.29. The fourth-order valence-electron chi connectivity index (χ4n) is 1.43. The van der Waals surface area contributed by atoms with Gasteiger partial charge in [-0.2, -0.15) is 0 Å². The molecule has 2 N–H and O–H groups in total. The summed E-state index contributed by atoms with van der Waals surface area (Å²) in [6, 6.07) is 4.66. The van der Waals surface area contributed by atoms with E-state index in [-0.39, 0.29) is 5.82 Å². The summed E-state index contributed by atoms with van der Waals surface area (Å²) < 4.78 is 18.5. The second-order valence-corrected chi connectivity index (χ2v) is 4.35. The van der Waals surface area contributed by atoms with Crippen LogP contribution in [0.3, 0.4) is 0 Å². The number of benzene rings is 1. The molecule has 0 unspecified atom stereocenters. The third-order valence-corrected chi connectivity index (χ3v) is 2.49. The highest BCUT2D eigenvalue weighted by atomic mass is 19.1. The van der Waals surface area contributed by atoms with Gasteiger partial charge < -0.3 is 10.5 Å². The summed E-state index contributed by atoms with van der Waals surface area (Å²) >= 11 is 0. The molecule has 0 amide bonds. The summed E-state index contributed by atoms with van der Waals surface area (Å²) in [5, 5.41) is 0. The summed E-state index contributed by atoms with van der Waals surface area (Å²) in [7, 11) is 0. The first-order valence-electron chi connectivity index (χ1n) is 5.68. The molecule has 90 valence electrons. The van der Waals surface area contributed by atoms with Crippen LogP contribution in [0.25, 0.3) is 0 Å². The Morgan fingerprint density at radius 1 is 1.31 bits per heavy atom. The van der Waals surface area contributed by atoms with E-state index in [1.54, 1.807) is 6.07 Å². The molecule has 0 aliphatic heterocycles. The Labute approximate surface area is 96.6 Å².